The number of methoxy groups -OCH3 is 1. The second kappa shape index (κ2) is 9.44. The molecule has 4 rings (SSSR count). The smallest absolute Gasteiger partial charge is 0.255 e. The molecule has 0 unspecified atom stereocenters. The molecule has 1 aromatic heterocycles. The molecule has 0 aliphatic rings. The summed E-state index contributed by atoms with van der Waals surface area (Å²) in [4.78, 5) is 23.3. The van der Waals surface area contributed by atoms with E-state index in [4.69, 9.17) is 9.72 Å². The van der Waals surface area contributed by atoms with Gasteiger partial charge in [-0.1, -0.05) is 28.1 Å². The Balaban J connectivity index is 1.78. The van der Waals surface area contributed by atoms with E-state index in [1.54, 1.807) is 19.2 Å². The summed E-state index contributed by atoms with van der Waals surface area (Å²) >= 11 is 3.41. The van der Waals surface area contributed by atoms with Crippen molar-refractivity contribution in [3.8, 4) is 17.1 Å². The minimum atomic E-state index is -0.161. The summed E-state index contributed by atoms with van der Waals surface area (Å²) in [5.74, 6) is 1.31. The van der Waals surface area contributed by atoms with Gasteiger partial charge in [0.15, 0.2) is 0 Å². The van der Waals surface area contributed by atoms with Gasteiger partial charge in [0, 0.05) is 23.1 Å². The molecule has 7 heteroatoms. The van der Waals surface area contributed by atoms with Crippen molar-refractivity contribution in [1.82, 2.24) is 9.97 Å². The number of carbonyl (C=O) groups excluding carboxylic acids is 1. The molecule has 1 amide bonds. The second-order valence-corrected chi connectivity index (χ2v) is 8.22. The lowest BCUT2D eigenvalue weighted by atomic mass is 10.1. The number of halogens is 1. The Morgan fingerprint density at radius 1 is 1.09 bits per heavy atom. The zero-order chi connectivity index (χ0) is 22.7. The van der Waals surface area contributed by atoms with Crippen LogP contribution in [0.3, 0.4) is 0 Å². The number of anilines is 2. The minimum Gasteiger partial charge on any atom is -0.496 e. The monoisotopic (exact) mass is 492 g/mol. The first-order valence-electron chi connectivity index (χ1n) is 10.5. The SMILES string of the molecule is CCN(CC)c1cc2[nH]c(-c3ccccc3OC)nc2cc1NC(=O)c1ccc(Br)cc1. The average Bonchev–Trinajstić information content (AvgIpc) is 3.23. The van der Waals surface area contributed by atoms with Gasteiger partial charge in [0.2, 0.25) is 0 Å². The van der Waals surface area contributed by atoms with Crippen LogP contribution in [-0.4, -0.2) is 36.1 Å². The molecule has 0 atom stereocenters. The maximum atomic E-state index is 12.9. The third-order valence-corrected chi connectivity index (χ3v) is 5.95. The van der Waals surface area contributed by atoms with Gasteiger partial charge < -0.3 is 19.9 Å². The molecule has 1 heterocycles. The molecule has 0 saturated heterocycles. The largest absolute Gasteiger partial charge is 0.496 e. The Bertz CT molecular complexity index is 1250. The van der Waals surface area contributed by atoms with Crippen molar-refractivity contribution in [3.63, 3.8) is 0 Å². The molecule has 6 nitrogen and oxygen atoms in total. The lowest BCUT2D eigenvalue weighted by Crippen LogP contribution is -2.24. The molecule has 0 fully saturated rings. The maximum Gasteiger partial charge on any atom is 0.255 e. The summed E-state index contributed by atoms with van der Waals surface area (Å²) < 4.78 is 6.43. The third-order valence-electron chi connectivity index (χ3n) is 5.42. The van der Waals surface area contributed by atoms with E-state index in [1.165, 1.54) is 0 Å². The number of nitrogens with one attached hydrogen (secondary N) is 2. The number of H-pyrrole nitrogens is 1. The van der Waals surface area contributed by atoms with E-state index in [0.717, 1.165) is 57.1 Å². The number of ether oxygens (including phenoxy) is 1. The van der Waals surface area contributed by atoms with E-state index in [1.807, 2.05) is 48.5 Å². The highest BCUT2D eigenvalue weighted by molar-refractivity contribution is 9.10. The predicted molar refractivity (Wildman–Crippen MR) is 134 cm³/mol. The van der Waals surface area contributed by atoms with E-state index >= 15 is 0 Å². The van der Waals surface area contributed by atoms with Crippen LogP contribution in [0.4, 0.5) is 11.4 Å². The summed E-state index contributed by atoms with van der Waals surface area (Å²) in [5, 5.41) is 3.08. The van der Waals surface area contributed by atoms with Crippen LogP contribution in [0, 0.1) is 0 Å². The lowest BCUT2D eigenvalue weighted by Gasteiger charge is -2.24. The van der Waals surface area contributed by atoms with Gasteiger partial charge in [-0.25, -0.2) is 4.98 Å². The fourth-order valence-corrected chi connectivity index (χ4v) is 4.00. The normalized spacial score (nSPS) is 10.9. The number of imidazole rings is 1. The lowest BCUT2D eigenvalue weighted by molar-refractivity contribution is 0.102. The third kappa shape index (κ3) is 4.34. The van der Waals surface area contributed by atoms with Gasteiger partial charge in [-0.2, -0.15) is 0 Å². The quantitative estimate of drug-likeness (QED) is 0.327. The fourth-order valence-electron chi connectivity index (χ4n) is 3.74. The number of para-hydroxylation sites is 1. The minimum absolute atomic E-state index is 0.161. The predicted octanol–water partition coefficient (Wildman–Crippen LogP) is 6.10. The topological polar surface area (TPSA) is 70.2 Å². The van der Waals surface area contributed by atoms with Crippen molar-refractivity contribution in [1.29, 1.82) is 0 Å². The standard InChI is InChI=1S/C25H25BrN4O2/c1-4-30(5-2)22-15-20-19(27-24(28-20)18-8-6-7-9-23(18)32-3)14-21(22)29-25(31)16-10-12-17(26)13-11-16/h6-15H,4-5H2,1-3H3,(H,27,28)(H,29,31). The van der Waals surface area contributed by atoms with Crippen LogP contribution in [0.25, 0.3) is 22.4 Å². The molecule has 3 aromatic carbocycles. The summed E-state index contributed by atoms with van der Waals surface area (Å²) in [6.45, 7) is 5.83. The molecule has 0 spiro atoms. The van der Waals surface area contributed by atoms with Crippen molar-refractivity contribution in [2.45, 2.75) is 13.8 Å². The zero-order valence-corrected chi connectivity index (χ0v) is 19.9. The summed E-state index contributed by atoms with van der Waals surface area (Å²) in [6.07, 6.45) is 0. The van der Waals surface area contributed by atoms with E-state index in [0.29, 0.717) is 5.56 Å². The Morgan fingerprint density at radius 2 is 1.81 bits per heavy atom. The van der Waals surface area contributed by atoms with Crippen molar-refractivity contribution in [2.24, 2.45) is 0 Å². The number of aromatic amines is 1. The molecule has 0 bridgehead atoms. The highest BCUT2D eigenvalue weighted by atomic mass is 79.9. The van der Waals surface area contributed by atoms with Crippen LogP contribution < -0.4 is 15.0 Å². The molecule has 0 radical (unpaired) electrons. The van der Waals surface area contributed by atoms with Gasteiger partial charge in [-0.3, -0.25) is 4.79 Å². The Morgan fingerprint density at radius 3 is 2.50 bits per heavy atom. The summed E-state index contributed by atoms with van der Waals surface area (Å²) in [7, 11) is 1.65. The van der Waals surface area contributed by atoms with Crippen LogP contribution in [-0.2, 0) is 0 Å². The molecule has 4 aromatic rings. The van der Waals surface area contributed by atoms with E-state index in [2.05, 4.69) is 45.0 Å². The highest BCUT2D eigenvalue weighted by Gasteiger charge is 2.17. The van der Waals surface area contributed by atoms with Gasteiger partial charge in [-0.15, -0.1) is 0 Å². The Labute approximate surface area is 195 Å². The first-order valence-corrected chi connectivity index (χ1v) is 11.3. The number of fused-ring (bicyclic) bond motifs is 1. The number of hydrogen-bond acceptors (Lipinski definition) is 4. The maximum absolute atomic E-state index is 12.9. The number of rotatable bonds is 7. The van der Waals surface area contributed by atoms with Crippen molar-refractivity contribution >= 4 is 44.2 Å². The van der Waals surface area contributed by atoms with Gasteiger partial charge in [-0.05, 0) is 62.4 Å². The number of nitrogens with zero attached hydrogens (tertiary/aromatic N) is 2. The Kier molecular flexibility index (Phi) is 6.46. The van der Waals surface area contributed by atoms with E-state index in [9.17, 15) is 4.79 Å². The van der Waals surface area contributed by atoms with Crippen molar-refractivity contribution in [2.75, 3.05) is 30.4 Å². The van der Waals surface area contributed by atoms with Crippen LogP contribution in [0.2, 0.25) is 0 Å². The average molecular weight is 493 g/mol. The summed E-state index contributed by atoms with van der Waals surface area (Å²) in [6, 6.07) is 19.0. The molecule has 0 aliphatic heterocycles. The molecule has 164 valence electrons. The molecule has 2 N–H and O–H groups in total. The number of amides is 1. The fraction of sp³-hybridized carbons (Fsp3) is 0.200. The van der Waals surface area contributed by atoms with Crippen LogP contribution in [0.1, 0.15) is 24.2 Å². The van der Waals surface area contributed by atoms with Gasteiger partial charge in [0.05, 0.1) is 35.1 Å². The Hall–Kier alpha value is -3.32. The van der Waals surface area contributed by atoms with Gasteiger partial charge in [0.25, 0.3) is 5.91 Å². The van der Waals surface area contributed by atoms with Crippen molar-refractivity contribution in [3.05, 3.63) is 70.7 Å². The molecular weight excluding hydrogens is 468 g/mol. The first kappa shape index (κ1) is 21.9. The number of aromatic nitrogens is 2. The zero-order valence-electron chi connectivity index (χ0n) is 18.3. The van der Waals surface area contributed by atoms with E-state index in [-0.39, 0.29) is 5.91 Å². The highest BCUT2D eigenvalue weighted by Crippen LogP contribution is 2.34. The van der Waals surface area contributed by atoms with Crippen LogP contribution in [0.15, 0.2) is 65.1 Å². The molecule has 0 aliphatic carbocycles. The van der Waals surface area contributed by atoms with Crippen LogP contribution in [0.5, 0.6) is 5.75 Å². The van der Waals surface area contributed by atoms with E-state index < -0.39 is 0 Å². The number of benzene rings is 3. The van der Waals surface area contributed by atoms with Gasteiger partial charge >= 0.3 is 0 Å². The molecular formula is C25H25BrN4O2. The molecule has 0 saturated carbocycles. The summed E-state index contributed by atoms with van der Waals surface area (Å²) in [5.41, 5.74) is 4.82. The number of carbonyl (C=O) groups is 1. The first-order chi connectivity index (χ1) is 15.5. The number of hydrogen-bond donors (Lipinski definition) is 2. The second-order valence-electron chi connectivity index (χ2n) is 7.31. The van der Waals surface area contributed by atoms with Crippen molar-refractivity contribution < 1.29 is 9.53 Å². The van der Waals surface area contributed by atoms with Gasteiger partial charge in [0.1, 0.15) is 11.6 Å². The van der Waals surface area contributed by atoms with Crippen LogP contribution >= 0.6 is 15.9 Å². The molecule has 32 heavy (non-hydrogen) atoms.